The number of Topliss-reactive ketones (excluding diaryl/α,β-unsaturated/α-hetero) is 1. The molecule has 3 rings (SSSR count). The lowest BCUT2D eigenvalue weighted by Gasteiger charge is -2.29. The van der Waals surface area contributed by atoms with Crippen LogP contribution >= 0.6 is 11.3 Å². The van der Waals surface area contributed by atoms with Crippen molar-refractivity contribution in [3.63, 3.8) is 0 Å². The number of aromatic nitrogens is 1. The molecule has 1 aromatic heterocycles. The molecule has 0 saturated heterocycles. The molecule has 0 saturated carbocycles. The highest BCUT2D eigenvalue weighted by molar-refractivity contribution is 7.07. The van der Waals surface area contributed by atoms with Crippen LogP contribution in [0.4, 0.5) is 5.69 Å². The molecule has 2 heterocycles. The minimum atomic E-state index is 0.245. The maximum absolute atomic E-state index is 11.8. The van der Waals surface area contributed by atoms with E-state index in [0.717, 1.165) is 30.0 Å². The molecule has 0 atom stereocenters. The first-order valence-electron chi connectivity index (χ1n) is 5.59. The van der Waals surface area contributed by atoms with Gasteiger partial charge < -0.3 is 4.90 Å². The van der Waals surface area contributed by atoms with Crippen molar-refractivity contribution in [1.29, 1.82) is 0 Å². The SMILES string of the molecule is O=C1CCN(Cc2cscn2)c2ccccc21. The molecule has 0 amide bonds. The zero-order chi connectivity index (χ0) is 11.7. The van der Waals surface area contributed by atoms with Gasteiger partial charge in [-0.05, 0) is 12.1 Å². The Morgan fingerprint density at radius 3 is 3.06 bits per heavy atom. The molecule has 0 spiro atoms. The largest absolute Gasteiger partial charge is 0.365 e. The van der Waals surface area contributed by atoms with Crippen LogP contribution in [0.15, 0.2) is 35.2 Å². The van der Waals surface area contributed by atoms with Gasteiger partial charge in [0, 0.05) is 29.6 Å². The van der Waals surface area contributed by atoms with E-state index >= 15 is 0 Å². The first-order valence-corrected chi connectivity index (χ1v) is 6.53. The zero-order valence-corrected chi connectivity index (χ0v) is 10.1. The van der Waals surface area contributed by atoms with Crippen molar-refractivity contribution in [2.75, 3.05) is 11.4 Å². The smallest absolute Gasteiger partial charge is 0.166 e. The van der Waals surface area contributed by atoms with E-state index in [0.29, 0.717) is 6.42 Å². The number of hydrogen-bond donors (Lipinski definition) is 0. The normalized spacial score (nSPS) is 14.8. The average molecular weight is 244 g/mol. The summed E-state index contributed by atoms with van der Waals surface area (Å²) in [7, 11) is 0. The Morgan fingerprint density at radius 1 is 1.35 bits per heavy atom. The molecular formula is C13H12N2OS. The van der Waals surface area contributed by atoms with Gasteiger partial charge in [-0.2, -0.15) is 0 Å². The van der Waals surface area contributed by atoms with Crippen molar-refractivity contribution in [3.8, 4) is 0 Å². The predicted molar refractivity (Wildman–Crippen MR) is 68.6 cm³/mol. The summed E-state index contributed by atoms with van der Waals surface area (Å²) < 4.78 is 0. The fourth-order valence-electron chi connectivity index (χ4n) is 2.15. The van der Waals surface area contributed by atoms with Crippen LogP contribution in [0.2, 0.25) is 0 Å². The molecule has 0 radical (unpaired) electrons. The highest BCUT2D eigenvalue weighted by Gasteiger charge is 2.22. The van der Waals surface area contributed by atoms with E-state index in [-0.39, 0.29) is 5.78 Å². The average Bonchev–Trinajstić information content (AvgIpc) is 2.86. The first kappa shape index (κ1) is 10.5. The number of ketones is 1. The van der Waals surface area contributed by atoms with Gasteiger partial charge in [-0.25, -0.2) is 4.98 Å². The van der Waals surface area contributed by atoms with Crippen molar-refractivity contribution in [2.45, 2.75) is 13.0 Å². The van der Waals surface area contributed by atoms with Gasteiger partial charge in [-0.1, -0.05) is 12.1 Å². The van der Waals surface area contributed by atoms with Gasteiger partial charge in [-0.3, -0.25) is 4.79 Å². The van der Waals surface area contributed by atoms with Crippen LogP contribution < -0.4 is 4.90 Å². The van der Waals surface area contributed by atoms with E-state index < -0.39 is 0 Å². The van der Waals surface area contributed by atoms with Gasteiger partial charge in [0.1, 0.15) is 0 Å². The van der Waals surface area contributed by atoms with Crippen molar-refractivity contribution >= 4 is 22.8 Å². The molecule has 1 aliphatic rings. The minimum absolute atomic E-state index is 0.245. The number of para-hydroxylation sites is 1. The molecular weight excluding hydrogens is 232 g/mol. The van der Waals surface area contributed by atoms with Crippen LogP contribution in [0.5, 0.6) is 0 Å². The van der Waals surface area contributed by atoms with Crippen molar-refractivity contribution < 1.29 is 4.79 Å². The lowest BCUT2D eigenvalue weighted by molar-refractivity contribution is 0.0979. The summed E-state index contributed by atoms with van der Waals surface area (Å²) in [5, 5.41) is 2.05. The van der Waals surface area contributed by atoms with Crippen LogP contribution in [-0.2, 0) is 6.54 Å². The predicted octanol–water partition coefficient (Wildman–Crippen LogP) is 2.74. The van der Waals surface area contributed by atoms with Crippen LogP contribution in [0.25, 0.3) is 0 Å². The van der Waals surface area contributed by atoms with Crippen LogP contribution in [0.1, 0.15) is 22.5 Å². The van der Waals surface area contributed by atoms with Gasteiger partial charge in [0.15, 0.2) is 5.78 Å². The Morgan fingerprint density at radius 2 is 2.24 bits per heavy atom. The minimum Gasteiger partial charge on any atom is -0.365 e. The lowest BCUT2D eigenvalue weighted by atomic mass is 10.0. The third-order valence-corrected chi connectivity index (χ3v) is 3.63. The Labute approximate surface area is 104 Å². The van der Waals surface area contributed by atoms with E-state index in [9.17, 15) is 4.79 Å². The number of anilines is 1. The van der Waals surface area contributed by atoms with E-state index in [1.165, 1.54) is 0 Å². The van der Waals surface area contributed by atoms with Gasteiger partial charge in [0.25, 0.3) is 0 Å². The van der Waals surface area contributed by atoms with Gasteiger partial charge >= 0.3 is 0 Å². The Kier molecular flexibility index (Phi) is 2.65. The number of thiazole rings is 1. The molecule has 86 valence electrons. The third-order valence-electron chi connectivity index (χ3n) is 2.99. The van der Waals surface area contributed by atoms with Crippen LogP contribution in [-0.4, -0.2) is 17.3 Å². The molecule has 4 heteroatoms. The summed E-state index contributed by atoms with van der Waals surface area (Å²) in [5.41, 5.74) is 4.79. The molecule has 17 heavy (non-hydrogen) atoms. The first-order chi connectivity index (χ1) is 8.34. The summed E-state index contributed by atoms with van der Waals surface area (Å²) in [5.74, 6) is 0.245. The van der Waals surface area contributed by atoms with Gasteiger partial charge in [-0.15, -0.1) is 11.3 Å². The molecule has 1 aliphatic heterocycles. The second kappa shape index (κ2) is 4.30. The topological polar surface area (TPSA) is 33.2 Å². The van der Waals surface area contributed by atoms with Crippen molar-refractivity contribution in [3.05, 3.63) is 46.4 Å². The molecule has 0 unspecified atom stereocenters. The maximum Gasteiger partial charge on any atom is 0.166 e. The lowest BCUT2D eigenvalue weighted by Crippen LogP contribution is -2.31. The molecule has 0 aliphatic carbocycles. The number of benzene rings is 1. The Balaban J connectivity index is 1.93. The van der Waals surface area contributed by atoms with Crippen molar-refractivity contribution in [1.82, 2.24) is 4.98 Å². The Bertz CT molecular complexity index is 536. The molecule has 2 aromatic rings. The molecule has 0 bridgehead atoms. The number of nitrogens with zero attached hydrogens (tertiary/aromatic N) is 2. The molecule has 3 nitrogen and oxygen atoms in total. The van der Waals surface area contributed by atoms with Gasteiger partial charge in [0.05, 0.1) is 17.7 Å². The number of carbonyl (C=O) groups is 1. The summed E-state index contributed by atoms with van der Waals surface area (Å²) >= 11 is 1.61. The molecule has 0 N–H and O–H groups in total. The molecule has 0 fully saturated rings. The summed E-state index contributed by atoms with van der Waals surface area (Å²) in [4.78, 5) is 18.3. The Hall–Kier alpha value is -1.68. The quantitative estimate of drug-likeness (QED) is 0.814. The highest BCUT2D eigenvalue weighted by atomic mass is 32.1. The number of fused-ring (bicyclic) bond motifs is 1. The van der Waals surface area contributed by atoms with E-state index in [1.807, 2.05) is 29.8 Å². The number of carbonyl (C=O) groups excluding carboxylic acids is 1. The van der Waals surface area contributed by atoms with E-state index in [1.54, 1.807) is 11.3 Å². The zero-order valence-electron chi connectivity index (χ0n) is 9.30. The van der Waals surface area contributed by atoms with E-state index in [2.05, 4.69) is 15.3 Å². The summed E-state index contributed by atoms with van der Waals surface area (Å²) in [6.45, 7) is 1.57. The fraction of sp³-hybridized carbons (Fsp3) is 0.231. The molecule has 1 aromatic carbocycles. The highest BCUT2D eigenvalue weighted by Crippen LogP contribution is 2.27. The van der Waals surface area contributed by atoms with Crippen LogP contribution in [0.3, 0.4) is 0 Å². The van der Waals surface area contributed by atoms with Crippen LogP contribution in [0, 0.1) is 0 Å². The number of hydrogen-bond acceptors (Lipinski definition) is 4. The van der Waals surface area contributed by atoms with E-state index in [4.69, 9.17) is 0 Å². The maximum atomic E-state index is 11.8. The standard InChI is InChI=1S/C13H12N2OS/c16-13-5-6-15(7-10-8-17-9-14-10)12-4-2-1-3-11(12)13/h1-4,8-9H,5-7H2. The third kappa shape index (κ3) is 1.96. The summed E-state index contributed by atoms with van der Waals surface area (Å²) in [6.07, 6.45) is 0.598. The number of rotatable bonds is 2. The second-order valence-corrected chi connectivity index (χ2v) is 4.81. The van der Waals surface area contributed by atoms with Gasteiger partial charge in [0.2, 0.25) is 0 Å². The summed E-state index contributed by atoms with van der Waals surface area (Å²) in [6, 6.07) is 7.82. The monoisotopic (exact) mass is 244 g/mol. The fourth-order valence-corrected chi connectivity index (χ4v) is 2.70. The second-order valence-electron chi connectivity index (χ2n) is 4.09. The van der Waals surface area contributed by atoms with Crippen molar-refractivity contribution in [2.24, 2.45) is 0 Å².